The summed E-state index contributed by atoms with van der Waals surface area (Å²) in [6, 6.07) is 0.397. The molecular weight excluding hydrogens is 162 g/mol. The number of carbonyl (C=O) groups is 1. The van der Waals surface area contributed by atoms with Gasteiger partial charge in [0.05, 0.1) is 0 Å². The number of amides is 1. The van der Waals surface area contributed by atoms with E-state index in [-0.39, 0.29) is 5.91 Å². The lowest BCUT2D eigenvalue weighted by Crippen LogP contribution is -2.36. The van der Waals surface area contributed by atoms with Gasteiger partial charge in [-0.15, -0.1) is 0 Å². The zero-order valence-corrected chi connectivity index (χ0v) is 8.38. The smallest absolute Gasteiger partial charge is 0.243 e. The molecule has 0 bridgehead atoms. The Hall–Kier alpha value is -0.790. The maximum absolute atomic E-state index is 11.0. The van der Waals surface area contributed by atoms with Gasteiger partial charge in [-0.3, -0.25) is 4.79 Å². The van der Waals surface area contributed by atoms with Crippen molar-refractivity contribution in [3.05, 3.63) is 12.7 Å². The van der Waals surface area contributed by atoms with E-state index in [9.17, 15) is 4.79 Å². The normalized spacial score (nSPS) is 28.1. The van der Waals surface area contributed by atoms with Crippen molar-refractivity contribution in [2.45, 2.75) is 45.1 Å². The van der Waals surface area contributed by atoms with Gasteiger partial charge in [0.2, 0.25) is 5.91 Å². The summed E-state index contributed by atoms with van der Waals surface area (Å²) in [5, 5.41) is 2.96. The van der Waals surface area contributed by atoms with Crippen LogP contribution in [0, 0.1) is 5.92 Å². The van der Waals surface area contributed by atoms with Gasteiger partial charge in [-0.1, -0.05) is 19.9 Å². The minimum Gasteiger partial charge on any atom is -0.350 e. The summed E-state index contributed by atoms with van der Waals surface area (Å²) in [6.07, 6.45) is 7.43. The van der Waals surface area contributed by atoms with Gasteiger partial charge in [0.1, 0.15) is 0 Å². The van der Waals surface area contributed by atoms with E-state index in [0.717, 1.165) is 18.8 Å². The van der Waals surface area contributed by atoms with Crippen molar-refractivity contribution in [3.63, 3.8) is 0 Å². The molecule has 0 aromatic rings. The average Bonchev–Trinajstić information content (AvgIpc) is 2.19. The van der Waals surface area contributed by atoms with Crippen LogP contribution in [-0.4, -0.2) is 11.9 Å². The van der Waals surface area contributed by atoms with Crippen molar-refractivity contribution in [3.8, 4) is 0 Å². The molecule has 0 radical (unpaired) electrons. The summed E-state index contributed by atoms with van der Waals surface area (Å²) in [4.78, 5) is 11.0. The minimum absolute atomic E-state index is 0.0278. The molecule has 74 valence electrons. The second-order valence-electron chi connectivity index (χ2n) is 3.84. The SMILES string of the molecule is C=CC(=O)NC1CCC(CC)CC1. The molecule has 1 rings (SSSR count). The molecule has 1 aliphatic carbocycles. The lowest BCUT2D eigenvalue weighted by Gasteiger charge is -2.27. The van der Waals surface area contributed by atoms with E-state index < -0.39 is 0 Å². The van der Waals surface area contributed by atoms with E-state index in [1.54, 1.807) is 0 Å². The largest absolute Gasteiger partial charge is 0.350 e. The van der Waals surface area contributed by atoms with Crippen molar-refractivity contribution in [1.29, 1.82) is 0 Å². The van der Waals surface area contributed by atoms with Gasteiger partial charge >= 0.3 is 0 Å². The molecular formula is C11H19NO. The van der Waals surface area contributed by atoms with E-state index in [1.807, 2.05) is 0 Å². The molecule has 0 unspecified atom stereocenters. The first kappa shape index (κ1) is 10.3. The van der Waals surface area contributed by atoms with Gasteiger partial charge < -0.3 is 5.32 Å². The predicted octanol–water partition coefficient (Wildman–Crippen LogP) is 2.26. The monoisotopic (exact) mass is 181 g/mol. The summed E-state index contributed by atoms with van der Waals surface area (Å²) >= 11 is 0. The zero-order valence-electron chi connectivity index (χ0n) is 8.38. The van der Waals surface area contributed by atoms with Gasteiger partial charge in [0.15, 0.2) is 0 Å². The maximum Gasteiger partial charge on any atom is 0.243 e. The first-order valence-electron chi connectivity index (χ1n) is 5.19. The summed E-state index contributed by atoms with van der Waals surface area (Å²) in [6.45, 7) is 5.69. The zero-order chi connectivity index (χ0) is 9.68. The van der Waals surface area contributed by atoms with Crippen molar-refractivity contribution >= 4 is 5.91 Å². The Morgan fingerprint density at radius 1 is 1.46 bits per heavy atom. The van der Waals surface area contributed by atoms with Crippen LogP contribution in [0.3, 0.4) is 0 Å². The molecule has 0 spiro atoms. The third kappa shape index (κ3) is 3.21. The number of nitrogens with one attached hydrogen (secondary N) is 1. The highest BCUT2D eigenvalue weighted by atomic mass is 16.1. The first-order valence-corrected chi connectivity index (χ1v) is 5.19. The molecule has 0 heterocycles. The van der Waals surface area contributed by atoms with Crippen LogP contribution in [-0.2, 0) is 4.79 Å². The van der Waals surface area contributed by atoms with Gasteiger partial charge in [0, 0.05) is 6.04 Å². The lowest BCUT2D eigenvalue weighted by atomic mass is 9.84. The fraction of sp³-hybridized carbons (Fsp3) is 0.727. The van der Waals surface area contributed by atoms with E-state index in [4.69, 9.17) is 0 Å². The molecule has 0 aliphatic heterocycles. The highest BCUT2D eigenvalue weighted by molar-refractivity contribution is 5.87. The molecule has 2 nitrogen and oxygen atoms in total. The van der Waals surface area contributed by atoms with E-state index in [1.165, 1.54) is 25.3 Å². The predicted molar refractivity (Wildman–Crippen MR) is 54.4 cm³/mol. The maximum atomic E-state index is 11.0. The Kier molecular flexibility index (Phi) is 4.00. The fourth-order valence-corrected chi connectivity index (χ4v) is 1.98. The summed E-state index contributed by atoms with van der Waals surface area (Å²) in [7, 11) is 0. The Morgan fingerprint density at radius 2 is 2.08 bits per heavy atom. The van der Waals surface area contributed by atoms with Crippen LogP contribution in [0.1, 0.15) is 39.0 Å². The van der Waals surface area contributed by atoms with Gasteiger partial charge in [-0.2, -0.15) is 0 Å². The highest BCUT2D eigenvalue weighted by Crippen LogP contribution is 2.26. The van der Waals surface area contributed by atoms with Crippen LogP contribution >= 0.6 is 0 Å². The summed E-state index contributed by atoms with van der Waals surface area (Å²) in [5.41, 5.74) is 0. The van der Waals surface area contributed by atoms with Crippen LogP contribution in [0.5, 0.6) is 0 Å². The molecule has 1 aliphatic rings. The van der Waals surface area contributed by atoms with Crippen molar-refractivity contribution in [2.24, 2.45) is 5.92 Å². The van der Waals surface area contributed by atoms with E-state index in [2.05, 4.69) is 18.8 Å². The quantitative estimate of drug-likeness (QED) is 0.665. The van der Waals surface area contributed by atoms with Crippen LogP contribution in [0.2, 0.25) is 0 Å². The molecule has 0 aromatic carbocycles. The second kappa shape index (κ2) is 5.05. The van der Waals surface area contributed by atoms with E-state index >= 15 is 0 Å². The molecule has 2 heteroatoms. The third-order valence-electron chi connectivity index (χ3n) is 2.96. The lowest BCUT2D eigenvalue weighted by molar-refractivity contribution is -0.117. The van der Waals surface area contributed by atoms with Gasteiger partial charge in [-0.25, -0.2) is 0 Å². The molecule has 0 atom stereocenters. The number of hydrogen-bond acceptors (Lipinski definition) is 1. The summed E-state index contributed by atoms with van der Waals surface area (Å²) in [5.74, 6) is 0.858. The van der Waals surface area contributed by atoms with Crippen LogP contribution < -0.4 is 5.32 Å². The number of rotatable bonds is 3. The number of carbonyl (C=O) groups excluding carboxylic acids is 1. The fourth-order valence-electron chi connectivity index (χ4n) is 1.98. The Bertz CT molecular complexity index is 181. The Labute approximate surface area is 80.4 Å². The second-order valence-corrected chi connectivity index (χ2v) is 3.84. The van der Waals surface area contributed by atoms with E-state index in [0.29, 0.717) is 6.04 Å². The minimum atomic E-state index is -0.0278. The van der Waals surface area contributed by atoms with Gasteiger partial charge in [0.25, 0.3) is 0 Å². The number of hydrogen-bond donors (Lipinski definition) is 1. The van der Waals surface area contributed by atoms with Crippen LogP contribution in [0.15, 0.2) is 12.7 Å². The van der Waals surface area contributed by atoms with Crippen molar-refractivity contribution in [2.75, 3.05) is 0 Å². The topological polar surface area (TPSA) is 29.1 Å². The average molecular weight is 181 g/mol. The standard InChI is InChI=1S/C11H19NO/c1-3-9-5-7-10(8-6-9)12-11(13)4-2/h4,9-10H,2-3,5-8H2,1H3,(H,12,13). The molecule has 13 heavy (non-hydrogen) atoms. The Balaban J connectivity index is 2.24. The molecule has 1 saturated carbocycles. The van der Waals surface area contributed by atoms with Crippen LogP contribution in [0.4, 0.5) is 0 Å². The molecule has 0 saturated heterocycles. The summed E-state index contributed by atoms with van der Waals surface area (Å²) < 4.78 is 0. The first-order chi connectivity index (χ1) is 6.26. The molecule has 1 fully saturated rings. The Morgan fingerprint density at radius 3 is 2.54 bits per heavy atom. The highest BCUT2D eigenvalue weighted by Gasteiger charge is 2.20. The van der Waals surface area contributed by atoms with Crippen LogP contribution in [0.25, 0.3) is 0 Å². The molecule has 1 amide bonds. The van der Waals surface area contributed by atoms with Gasteiger partial charge in [-0.05, 0) is 37.7 Å². The molecule has 1 N–H and O–H groups in total. The molecule has 0 aromatic heterocycles. The third-order valence-corrected chi connectivity index (χ3v) is 2.96. The van der Waals surface area contributed by atoms with Crippen molar-refractivity contribution < 1.29 is 4.79 Å². The van der Waals surface area contributed by atoms with Crippen molar-refractivity contribution in [1.82, 2.24) is 5.32 Å².